The first-order valence-corrected chi connectivity index (χ1v) is 14.4. The predicted molar refractivity (Wildman–Crippen MR) is 136 cm³/mol. The van der Waals surface area contributed by atoms with Crippen LogP contribution in [-0.4, -0.2) is 31.5 Å². The van der Waals surface area contributed by atoms with Gasteiger partial charge in [-0.3, -0.25) is 4.79 Å². The Kier molecular flexibility index (Phi) is 6.58. The molecule has 6 nitrogen and oxygen atoms in total. The van der Waals surface area contributed by atoms with Crippen LogP contribution in [0.15, 0.2) is 53.4 Å². The number of nitrogens with one attached hydrogen (secondary N) is 2. The fourth-order valence-electron chi connectivity index (χ4n) is 6.85. The highest BCUT2D eigenvalue weighted by Gasteiger charge is 2.57. The first kappa shape index (κ1) is 27.0. The van der Waals surface area contributed by atoms with Crippen LogP contribution in [0.4, 0.5) is 13.2 Å². The molecule has 2 N–H and O–H groups in total. The first-order chi connectivity index (χ1) is 17.7. The number of amides is 1. The zero-order valence-electron chi connectivity index (χ0n) is 21.6. The minimum atomic E-state index is -4.51. The van der Waals surface area contributed by atoms with Crippen LogP contribution in [0.3, 0.4) is 0 Å². The van der Waals surface area contributed by atoms with Crippen LogP contribution in [0.25, 0.3) is 0 Å². The molecule has 2 aromatic rings. The number of halogens is 3. The van der Waals surface area contributed by atoms with Gasteiger partial charge in [-0.15, -0.1) is 0 Å². The lowest BCUT2D eigenvalue weighted by atomic mass is 9.51. The van der Waals surface area contributed by atoms with Gasteiger partial charge in [0.25, 0.3) is 5.91 Å². The predicted octanol–water partition coefficient (Wildman–Crippen LogP) is 5.21. The van der Waals surface area contributed by atoms with E-state index < -0.39 is 38.8 Å². The maximum absolute atomic E-state index is 13.3. The Morgan fingerprint density at radius 2 is 1.63 bits per heavy atom. The van der Waals surface area contributed by atoms with Crippen molar-refractivity contribution in [2.45, 2.75) is 81.1 Å². The number of sulfonamides is 1. The van der Waals surface area contributed by atoms with Crippen molar-refractivity contribution in [2.75, 3.05) is 0 Å². The Labute approximate surface area is 221 Å². The van der Waals surface area contributed by atoms with Gasteiger partial charge in [0.15, 0.2) is 5.60 Å². The van der Waals surface area contributed by atoms with E-state index in [0.717, 1.165) is 37.0 Å². The molecule has 1 unspecified atom stereocenters. The van der Waals surface area contributed by atoms with Crippen LogP contribution in [0.2, 0.25) is 0 Å². The van der Waals surface area contributed by atoms with Gasteiger partial charge in [-0.1, -0.05) is 23.8 Å². The van der Waals surface area contributed by atoms with Crippen molar-refractivity contribution in [3.8, 4) is 5.75 Å². The van der Waals surface area contributed by atoms with E-state index in [2.05, 4.69) is 10.0 Å². The average molecular weight is 551 g/mol. The monoisotopic (exact) mass is 550 g/mol. The van der Waals surface area contributed by atoms with Gasteiger partial charge in [0.1, 0.15) is 5.75 Å². The average Bonchev–Trinajstić information content (AvgIpc) is 2.80. The van der Waals surface area contributed by atoms with Crippen molar-refractivity contribution in [1.29, 1.82) is 0 Å². The summed E-state index contributed by atoms with van der Waals surface area (Å²) in [6.45, 7) is 4.98. The molecule has 0 aliphatic heterocycles. The lowest BCUT2D eigenvalue weighted by Gasteiger charge is -2.60. The van der Waals surface area contributed by atoms with Crippen LogP contribution >= 0.6 is 0 Å². The van der Waals surface area contributed by atoms with Gasteiger partial charge in [-0.05, 0) is 101 Å². The topological polar surface area (TPSA) is 84.5 Å². The van der Waals surface area contributed by atoms with E-state index in [4.69, 9.17) is 4.74 Å². The van der Waals surface area contributed by atoms with Crippen molar-refractivity contribution in [2.24, 2.45) is 17.8 Å². The van der Waals surface area contributed by atoms with Crippen molar-refractivity contribution in [3.63, 3.8) is 0 Å². The number of rotatable bonds is 7. The van der Waals surface area contributed by atoms with E-state index in [1.54, 1.807) is 24.3 Å². The lowest BCUT2D eigenvalue weighted by Crippen LogP contribution is -2.67. The molecule has 0 radical (unpaired) electrons. The summed E-state index contributed by atoms with van der Waals surface area (Å²) in [4.78, 5) is 13.5. The highest BCUT2D eigenvalue weighted by Crippen LogP contribution is 2.56. The van der Waals surface area contributed by atoms with Crippen molar-refractivity contribution in [1.82, 2.24) is 10.0 Å². The van der Waals surface area contributed by atoms with Crippen molar-refractivity contribution in [3.05, 3.63) is 59.7 Å². The molecule has 4 fully saturated rings. The zero-order valence-corrected chi connectivity index (χ0v) is 22.5. The number of carbonyl (C=O) groups excluding carboxylic acids is 1. The van der Waals surface area contributed by atoms with Crippen LogP contribution < -0.4 is 14.8 Å². The van der Waals surface area contributed by atoms with Gasteiger partial charge in [0, 0.05) is 11.6 Å². The molecule has 2 aromatic carbocycles. The number of carbonyl (C=O) groups is 1. The Hall–Kier alpha value is -2.59. The number of alkyl halides is 3. The maximum atomic E-state index is 13.3. The molecule has 1 amide bonds. The lowest BCUT2D eigenvalue weighted by molar-refractivity contribution is -0.139. The Morgan fingerprint density at radius 3 is 2.24 bits per heavy atom. The Morgan fingerprint density at radius 1 is 1.00 bits per heavy atom. The Balaban J connectivity index is 1.28. The highest BCUT2D eigenvalue weighted by molar-refractivity contribution is 7.89. The number of benzene rings is 2. The minimum Gasteiger partial charge on any atom is -0.478 e. The second-order valence-electron chi connectivity index (χ2n) is 11.8. The second kappa shape index (κ2) is 9.26. The van der Waals surface area contributed by atoms with Crippen molar-refractivity contribution >= 4 is 15.9 Å². The third-order valence-corrected chi connectivity index (χ3v) is 9.93. The second-order valence-corrected chi connectivity index (χ2v) is 13.5. The molecule has 0 spiro atoms. The summed E-state index contributed by atoms with van der Waals surface area (Å²) < 4.78 is 74.5. The zero-order chi connectivity index (χ0) is 27.5. The summed E-state index contributed by atoms with van der Waals surface area (Å²) in [5, 5.41) is 3.12. The van der Waals surface area contributed by atoms with E-state index in [-0.39, 0.29) is 28.5 Å². The SMILES string of the molecule is Cc1ccc(S(=O)(=O)N[C@@]23CC4C[C@H](C2)[C@H](NC(=O)C(C)(C)Oc2cccc(C(F)(F)F)c2)[C@@H](C4)C3)cc1. The number of ether oxygens (including phenoxy) is 1. The van der Waals surface area contributed by atoms with Crippen LogP contribution in [0, 0.1) is 24.7 Å². The molecule has 206 valence electrons. The Bertz CT molecular complexity index is 1310. The van der Waals surface area contributed by atoms with Crippen LogP contribution in [0.1, 0.15) is 57.1 Å². The molecule has 4 aliphatic rings. The minimum absolute atomic E-state index is 0.0328. The van der Waals surface area contributed by atoms with Gasteiger partial charge >= 0.3 is 6.18 Å². The molecule has 4 saturated carbocycles. The van der Waals surface area contributed by atoms with Gasteiger partial charge in [0.2, 0.25) is 10.0 Å². The van der Waals surface area contributed by atoms with E-state index >= 15 is 0 Å². The van der Waals surface area contributed by atoms with Crippen LogP contribution in [-0.2, 0) is 21.0 Å². The molecular formula is C28H33F3N2O4S. The standard InChI is InChI=1S/C28H33F3N2O4S/c1-17-7-9-23(10-8-17)38(35,36)33-27-14-18-11-19(15-27)24(20(12-18)16-27)32-25(34)26(2,3)37-22-6-4-5-21(13-22)28(29,30)31/h4-10,13,18-20,24,33H,11-12,14-16H2,1-3H3,(H,32,34)/t18?,19-,20+,24+,27+. The summed E-state index contributed by atoms with van der Waals surface area (Å²) in [5.41, 5.74) is -1.79. The summed E-state index contributed by atoms with van der Waals surface area (Å²) in [6, 6.07) is 11.2. The molecule has 0 saturated heterocycles. The molecule has 4 bridgehead atoms. The van der Waals surface area contributed by atoms with E-state index in [1.807, 2.05) is 6.92 Å². The molecule has 5 atom stereocenters. The fraction of sp³-hybridized carbons (Fsp3) is 0.536. The smallest absolute Gasteiger partial charge is 0.416 e. The van der Waals surface area contributed by atoms with E-state index in [9.17, 15) is 26.4 Å². The van der Waals surface area contributed by atoms with E-state index in [0.29, 0.717) is 18.8 Å². The third kappa shape index (κ3) is 5.30. The molecule has 4 aliphatic carbocycles. The van der Waals surface area contributed by atoms with Crippen molar-refractivity contribution < 1.29 is 31.1 Å². The third-order valence-electron chi connectivity index (χ3n) is 8.33. The molecule has 10 heteroatoms. The quantitative estimate of drug-likeness (QED) is 0.496. The largest absolute Gasteiger partial charge is 0.478 e. The number of aryl methyl sites for hydroxylation is 1. The van der Waals surface area contributed by atoms with Gasteiger partial charge < -0.3 is 10.1 Å². The highest BCUT2D eigenvalue weighted by atomic mass is 32.2. The molecule has 6 rings (SSSR count). The summed E-state index contributed by atoms with van der Waals surface area (Å²) in [6.07, 6.45) is -0.649. The van der Waals surface area contributed by atoms with Gasteiger partial charge in [0.05, 0.1) is 10.5 Å². The molecule has 0 heterocycles. The fourth-order valence-corrected chi connectivity index (χ4v) is 8.28. The van der Waals surface area contributed by atoms with Gasteiger partial charge in [-0.2, -0.15) is 13.2 Å². The molecular weight excluding hydrogens is 517 g/mol. The normalized spacial score (nSPS) is 28.8. The maximum Gasteiger partial charge on any atom is 0.416 e. The van der Waals surface area contributed by atoms with Gasteiger partial charge in [-0.25, -0.2) is 13.1 Å². The first-order valence-electron chi connectivity index (χ1n) is 12.9. The summed E-state index contributed by atoms with van der Waals surface area (Å²) >= 11 is 0. The number of hydrogen-bond donors (Lipinski definition) is 2. The van der Waals surface area contributed by atoms with Crippen LogP contribution in [0.5, 0.6) is 5.75 Å². The van der Waals surface area contributed by atoms with E-state index in [1.165, 1.54) is 26.0 Å². The summed E-state index contributed by atoms with van der Waals surface area (Å²) in [5.74, 6) is 0.164. The number of hydrogen-bond acceptors (Lipinski definition) is 4. The summed E-state index contributed by atoms with van der Waals surface area (Å²) in [7, 11) is -3.69. The molecule has 38 heavy (non-hydrogen) atoms. The molecule has 0 aromatic heterocycles.